The molecule has 0 radical (unpaired) electrons. The molecule has 0 bridgehead atoms. The fourth-order valence-corrected chi connectivity index (χ4v) is 3.05. The van der Waals surface area contributed by atoms with Gasteiger partial charge in [0.15, 0.2) is 0 Å². The standard InChI is InChI=1S/C18H19ClN4O2/c19-18-4-2-1-3-16(18)14-21-9-11-22(12-10-21)20-13-15-5-7-17(8-6-15)23(24)25/h1-8,13H,9-12,14H2/p+1/b20-13-. The van der Waals surface area contributed by atoms with Crippen LogP contribution >= 0.6 is 11.6 Å². The first-order valence-electron chi connectivity index (χ1n) is 8.22. The maximum absolute atomic E-state index is 10.7. The number of hydrogen-bond donors (Lipinski definition) is 1. The van der Waals surface area contributed by atoms with E-state index in [2.05, 4.69) is 11.2 Å². The molecule has 7 heteroatoms. The van der Waals surface area contributed by atoms with Crippen LogP contribution in [0, 0.1) is 10.1 Å². The highest BCUT2D eigenvalue weighted by molar-refractivity contribution is 6.31. The Morgan fingerprint density at radius 1 is 1.16 bits per heavy atom. The van der Waals surface area contributed by atoms with Crippen LogP contribution in [-0.2, 0) is 6.54 Å². The molecular formula is C18H20ClN4O2+. The first-order chi connectivity index (χ1) is 12.1. The summed E-state index contributed by atoms with van der Waals surface area (Å²) in [5, 5.41) is 18.0. The van der Waals surface area contributed by atoms with Crippen molar-refractivity contribution < 1.29 is 9.82 Å². The van der Waals surface area contributed by atoms with Crippen LogP contribution in [0.3, 0.4) is 0 Å². The lowest BCUT2D eigenvalue weighted by Crippen LogP contribution is -3.13. The number of hydrogen-bond acceptors (Lipinski definition) is 4. The van der Waals surface area contributed by atoms with Gasteiger partial charge >= 0.3 is 0 Å². The van der Waals surface area contributed by atoms with E-state index in [9.17, 15) is 10.1 Å². The molecule has 0 spiro atoms. The minimum Gasteiger partial charge on any atom is -0.328 e. The first kappa shape index (κ1) is 17.4. The number of nitrogens with one attached hydrogen (secondary N) is 1. The van der Waals surface area contributed by atoms with Crippen LogP contribution in [-0.4, -0.2) is 42.3 Å². The van der Waals surface area contributed by atoms with E-state index in [4.69, 9.17) is 11.6 Å². The van der Waals surface area contributed by atoms with E-state index in [1.54, 1.807) is 18.3 Å². The minimum atomic E-state index is -0.401. The summed E-state index contributed by atoms with van der Waals surface area (Å²) in [5.74, 6) is 0. The second-order valence-electron chi connectivity index (χ2n) is 6.07. The summed E-state index contributed by atoms with van der Waals surface area (Å²) in [6.45, 7) is 4.69. The van der Waals surface area contributed by atoms with Gasteiger partial charge in [-0.3, -0.25) is 15.1 Å². The molecule has 25 heavy (non-hydrogen) atoms. The van der Waals surface area contributed by atoms with Crippen LogP contribution in [0.2, 0.25) is 5.02 Å². The molecular weight excluding hydrogens is 340 g/mol. The Labute approximate surface area is 151 Å². The number of halogens is 1. The van der Waals surface area contributed by atoms with Crippen LogP contribution in [0.5, 0.6) is 0 Å². The van der Waals surface area contributed by atoms with Gasteiger partial charge in [0.2, 0.25) is 0 Å². The highest BCUT2D eigenvalue weighted by atomic mass is 35.5. The Balaban J connectivity index is 1.50. The summed E-state index contributed by atoms with van der Waals surface area (Å²) >= 11 is 6.23. The minimum absolute atomic E-state index is 0.0916. The lowest BCUT2D eigenvalue weighted by molar-refractivity contribution is -0.918. The van der Waals surface area contributed by atoms with E-state index >= 15 is 0 Å². The van der Waals surface area contributed by atoms with Crippen molar-refractivity contribution in [3.05, 3.63) is 74.8 Å². The van der Waals surface area contributed by atoms with Gasteiger partial charge in [0, 0.05) is 22.7 Å². The normalized spacial score (nSPS) is 15.6. The van der Waals surface area contributed by atoms with Gasteiger partial charge in [-0.25, -0.2) is 0 Å². The Morgan fingerprint density at radius 2 is 1.84 bits per heavy atom. The molecule has 1 aliphatic rings. The van der Waals surface area contributed by atoms with Crippen molar-refractivity contribution in [2.24, 2.45) is 5.10 Å². The quantitative estimate of drug-likeness (QED) is 0.504. The number of non-ortho nitro benzene ring substituents is 1. The van der Waals surface area contributed by atoms with Crippen molar-refractivity contribution in [3.8, 4) is 0 Å². The van der Waals surface area contributed by atoms with E-state index in [-0.39, 0.29) is 5.69 Å². The third kappa shape index (κ3) is 4.78. The number of benzene rings is 2. The molecule has 6 nitrogen and oxygen atoms in total. The zero-order valence-corrected chi connectivity index (χ0v) is 14.5. The average Bonchev–Trinajstić information content (AvgIpc) is 2.63. The molecule has 2 aromatic carbocycles. The molecule has 0 aromatic heterocycles. The van der Waals surface area contributed by atoms with Crippen molar-refractivity contribution >= 4 is 23.5 Å². The number of piperazine rings is 1. The van der Waals surface area contributed by atoms with Gasteiger partial charge in [-0.15, -0.1) is 0 Å². The maximum atomic E-state index is 10.7. The van der Waals surface area contributed by atoms with Crippen molar-refractivity contribution in [1.29, 1.82) is 0 Å². The Bertz CT molecular complexity index is 756. The molecule has 1 heterocycles. The average molecular weight is 360 g/mol. The molecule has 0 aliphatic carbocycles. The van der Waals surface area contributed by atoms with Crippen LogP contribution < -0.4 is 4.90 Å². The number of nitro benzene ring substituents is 1. The molecule has 1 aliphatic heterocycles. The summed E-state index contributed by atoms with van der Waals surface area (Å²) in [4.78, 5) is 11.7. The first-order valence-corrected chi connectivity index (χ1v) is 8.60. The molecule has 0 amide bonds. The Morgan fingerprint density at radius 3 is 2.48 bits per heavy atom. The van der Waals surface area contributed by atoms with Crippen molar-refractivity contribution in [2.75, 3.05) is 26.2 Å². The lowest BCUT2D eigenvalue weighted by Gasteiger charge is -2.30. The SMILES string of the molecule is O=[N+]([O-])c1ccc(/C=N\N2CC[NH+](Cc3ccccc3Cl)CC2)cc1. The summed E-state index contributed by atoms with van der Waals surface area (Å²) in [7, 11) is 0. The molecule has 3 rings (SSSR count). The van der Waals surface area contributed by atoms with Crippen molar-refractivity contribution in [1.82, 2.24) is 5.01 Å². The Hall–Kier alpha value is -2.44. The summed E-state index contributed by atoms with van der Waals surface area (Å²) in [5.41, 5.74) is 2.13. The second kappa shape index (κ2) is 8.09. The van der Waals surface area contributed by atoms with Gasteiger partial charge in [0.1, 0.15) is 6.54 Å². The largest absolute Gasteiger partial charge is 0.328 e. The molecule has 1 saturated heterocycles. The zero-order valence-electron chi connectivity index (χ0n) is 13.8. The predicted octanol–water partition coefficient (Wildman–Crippen LogP) is 1.98. The fourth-order valence-electron chi connectivity index (χ4n) is 2.84. The monoisotopic (exact) mass is 359 g/mol. The molecule has 1 fully saturated rings. The van der Waals surface area contributed by atoms with Gasteiger partial charge in [-0.1, -0.05) is 29.8 Å². The number of rotatable bonds is 5. The maximum Gasteiger partial charge on any atom is 0.269 e. The summed E-state index contributed by atoms with van der Waals surface area (Å²) in [6, 6.07) is 14.4. The van der Waals surface area contributed by atoms with Crippen LogP contribution in [0.15, 0.2) is 53.6 Å². The highest BCUT2D eigenvalue weighted by Crippen LogP contribution is 2.13. The molecule has 0 unspecified atom stereocenters. The predicted molar refractivity (Wildman–Crippen MR) is 98.1 cm³/mol. The molecule has 1 N–H and O–H groups in total. The topological polar surface area (TPSA) is 63.2 Å². The van der Waals surface area contributed by atoms with Gasteiger partial charge < -0.3 is 4.90 Å². The van der Waals surface area contributed by atoms with Gasteiger partial charge in [0.25, 0.3) is 5.69 Å². The second-order valence-corrected chi connectivity index (χ2v) is 6.47. The lowest BCUT2D eigenvalue weighted by atomic mass is 10.2. The van der Waals surface area contributed by atoms with Crippen molar-refractivity contribution in [2.45, 2.75) is 6.54 Å². The fraction of sp³-hybridized carbons (Fsp3) is 0.278. The van der Waals surface area contributed by atoms with Crippen molar-refractivity contribution in [3.63, 3.8) is 0 Å². The van der Waals surface area contributed by atoms with Crippen LogP contribution in [0.1, 0.15) is 11.1 Å². The number of quaternary nitrogens is 1. The van der Waals surface area contributed by atoms with E-state index in [1.165, 1.54) is 22.6 Å². The smallest absolute Gasteiger partial charge is 0.269 e. The van der Waals surface area contributed by atoms with E-state index in [1.807, 2.05) is 23.2 Å². The van der Waals surface area contributed by atoms with Gasteiger partial charge in [-0.05, 0) is 23.8 Å². The van der Waals surface area contributed by atoms with Crippen LogP contribution in [0.4, 0.5) is 5.69 Å². The highest BCUT2D eigenvalue weighted by Gasteiger charge is 2.19. The molecule has 130 valence electrons. The van der Waals surface area contributed by atoms with Gasteiger partial charge in [0.05, 0.1) is 37.3 Å². The van der Waals surface area contributed by atoms with E-state index < -0.39 is 4.92 Å². The number of nitro groups is 1. The summed E-state index contributed by atoms with van der Waals surface area (Å²) < 4.78 is 0. The van der Waals surface area contributed by atoms with E-state index in [0.717, 1.165) is 43.3 Å². The Kier molecular flexibility index (Phi) is 5.63. The number of nitrogens with zero attached hydrogens (tertiary/aromatic N) is 3. The summed E-state index contributed by atoms with van der Waals surface area (Å²) in [6.07, 6.45) is 1.75. The molecule has 0 atom stereocenters. The molecule has 2 aromatic rings. The third-order valence-corrected chi connectivity index (χ3v) is 4.69. The third-order valence-electron chi connectivity index (χ3n) is 4.32. The van der Waals surface area contributed by atoms with E-state index in [0.29, 0.717) is 0 Å². The zero-order chi connectivity index (χ0) is 17.6. The van der Waals surface area contributed by atoms with Gasteiger partial charge in [-0.2, -0.15) is 5.10 Å². The van der Waals surface area contributed by atoms with Crippen LogP contribution in [0.25, 0.3) is 0 Å². The molecule has 0 saturated carbocycles. The number of hydrazone groups is 1.